The molecule has 2 rings (SSSR count). The van der Waals surface area contributed by atoms with Crippen molar-refractivity contribution in [3.63, 3.8) is 0 Å². The molecule has 0 radical (unpaired) electrons. The zero-order valence-corrected chi connectivity index (χ0v) is 12.0. The molecule has 3 N–H and O–H groups in total. The van der Waals surface area contributed by atoms with Gasteiger partial charge in [-0.1, -0.05) is 29.8 Å². The maximum absolute atomic E-state index is 11.8. The van der Waals surface area contributed by atoms with Crippen molar-refractivity contribution in [2.75, 3.05) is 13.1 Å². The summed E-state index contributed by atoms with van der Waals surface area (Å²) in [6.45, 7) is 2.45. The lowest BCUT2D eigenvalue weighted by atomic mass is 10.2. The van der Waals surface area contributed by atoms with Crippen LogP contribution in [0, 0.1) is 0 Å². The molecule has 0 saturated heterocycles. The quantitative estimate of drug-likeness (QED) is 0.786. The van der Waals surface area contributed by atoms with Gasteiger partial charge in [0.2, 0.25) is 0 Å². The summed E-state index contributed by atoms with van der Waals surface area (Å²) >= 11 is 7.71. The van der Waals surface area contributed by atoms with E-state index in [2.05, 4.69) is 22.1 Å². The highest BCUT2D eigenvalue weighted by atomic mass is 35.5. The fourth-order valence-corrected chi connectivity index (χ4v) is 2.63. The Morgan fingerprint density at radius 2 is 2.11 bits per heavy atom. The second kappa shape index (κ2) is 7.28. The molecule has 100 valence electrons. The minimum Gasteiger partial charge on any atom is -0.346 e. The smallest absolute Gasteiger partial charge is 0.253 e. The minimum absolute atomic E-state index is 0.116. The Morgan fingerprint density at radius 1 is 1.26 bits per heavy atom. The van der Waals surface area contributed by atoms with Crippen LogP contribution in [0.3, 0.4) is 0 Å². The van der Waals surface area contributed by atoms with E-state index in [9.17, 15) is 4.79 Å². The number of thiophene rings is 1. The number of nitrogens with one attached hydrogen (secondary N) is 1. The van der Waals surface area contributed by atoms with Crippen LogP contribution in [0.2, 0.25) is 5.02 Å². The predicted molar refractivity (Wildman–Crippen MR) is 78.6 cm³/mol. The number of hydrogen-bond acceptors (Lipinski definition) is 2. The lowest BCUT2D eigenvalue weighted by molar-refractivity contribution is -0.668. The van der Waals surface area contributed by atoms with Crippen molar-refractivity contribution in [3.05, 3.63) is 57.2 Å². The van der Waals surface area contributed by atoms with Crippen molar-refractivity contribution in [2.45, 2.75) is 6.54 Å². The summed E-state index contributed by atoms with van der Waals surface area (Å²) in [5, 5.41) is 7.61. The molecular formula is C14H16ClN2OS+. The molecule has 2 aromatic rings. The van der Waals surface area contributed by atoms with Gasteiger partial charge in [0.15, 0.2) is 0 Å². The molecule has 3 nitrogen and oxygen atoms in total. The Kier molecular flexibility index (Phi) is 5.39. The van der Waals surface area contributed by atoms with Crippen LogP contribution in [0.25, 0.3) is 0 Å². The third-order valence-electron chi connectivity index (χ3n) is 2.68. The summed E-state index contributed by atoms with van der Waals surface area (Å²) in [5.74, 6) is -0.116. The van der Waals surface area contributed by atoms with E-state index >= 15 is 0 Å². The Morgan fingerprint density at radius 3 is 2.84 bits per heavy atom. The lowest BCUT2D eigenvalue weighted by Gasteiger charge is -2.05. The van der Waals surface area contributed by atoms with E-state index in [0.29, 0.717) is 17.1 Å². The number of quaternary nitrogens is 1. The Labute approximate surface area is 121 Å². The molecule has 19 heavy (non-hydrogen) atoms. The summed E-state index contributed by atoms with van der Waals surface area (Å²) in [4.78, 5) is 13.2. The monoisotopic (exact) mass is 295 g/mol. The van der Waals surface area contributed by atoms with E-state index in [1.54, 1.807) is 23.5 Å². The van der Waals surface area contributed by atoms with Crippen LogP contribution in [-0.4, -0.2) is 19.0 Å². The van der Waals surface area contributed by atoms with Gasteiger partial charge >= 0.3 is 0 Å². The highest BCUT2D eigenvalue weighted by Crippen LogP contribution is 2.14. The Bertz CT molecular complexity index is 528. The van der Waals surface area contributed by atoms with Gasteiger partial charge in [0.1, 0.15) is 6.54 Å². The van der Waals surface area contributed by atoms with E-state index < -0.39 is 0 Å². The minimum atomic E-state index is -0.116. The van der Waals surface area contributed by atoms with E-state index in [-0.39, 0.29) is 5.91 Å². The van der Waals surface area contributed by atoms with Gasteiger partial charge in [-0.15, -0.1) is 11.3 Å². The molecule has 1 heterocycles. The molecule has 5 heteroatoms. The molecular weight excluding hydrogens is 280 g/mol. The summed E-state index contributed by atoms with van der Waals surface area (Å²) in [6, 6.07) is 11.2. The highest BCUT2D eigenvalue weighted by Gasteiger charge is 2.08. The van der Waals surface area contributed by atoms with Crippen LogP contribution in [0.4, 0.5) is 0 Å². The van der Waals surface area contributed by atoms with Gasteiger partial charge in [-0.2, -0.15) is 0 Å². The van der Waals surface area contributed by atoms with Gasteiger partial charge in [0.25, 0.3) is 5.91 Å². The molecule has 0 spiro atoms. The third-order valence-corrected chi connectivity index (χ3v) is 3.91. The number of carbonyl (C=O) groups excluding carboxylic acids is 1. The first kappa shape index (κ1) is 14.1. The zero-order chi connectivity index (χ0) is 13.5. The SMILES string of the molecule is O=C(NCC[NH2+]Cc1cccs1)c1ccccc1Cl. The summed E-state index contributed by atoms with van der Waals surface area (Å²) in [6.07, 6.45) is 0. The molecule has 0 aliphatic carbocycles. The number of halogens is 1. The topological polar surface area (TPSA) is 45.7 Å². The number of benzene rings is 1. The predicted octanol–water partition coefficient (Wildman–Crippen LogP) is 1.89. The van der Waals surface area contributed by atoms with Gasteiger partial charge in [-0.05, 0) is 23.6 Å². The van der Waals surface area contributed by atoms with Crippen molar-refractivity contribution in [1.29, 1.82) is 0 Å². The Hall–Kier alpha value is -1.36. The lowest BCUT2D eigenvalue weighted by Crippen LogP contribution is -2.84. The first-order valence-electron chi connectivity index (χ1n) is 6.14. The van der Waals surface area contributed by atoms with Gasteiger partial charge in [0.05, 0.1) is 28.6 Å². The average molecular weight is 296 g/mol. The number of hydrogen-bond donors (Lipinski definition) is 2. The third kappa shape index (κ3) is 4.35. The van der Waals surface area contributed by atoms with Gasteiger partial charge in [0, 0.05) is 0 Å². The highest BCUT2D eigenvalue weighted by molar-refractivity contribution is 7.09. The van der Waals surface area contributed by atoms with Crippen LogP contribution < -0.4 is 10.6 Å². The molecule has 1 amide bonds. The number of rotatable bonds is 6. The van der Waals surface area contributed by atoms with Crippen LogP contribution >= 0.6 is 22.9 Å². The summed E-state index contributed by atoms with van der Waals surface area (Å²) in [5.41, 5.74) is 0.530. The normalized spacial score (nSPS) is 10.4. The molecule has 0 fully saturated rings. The first-order chi connectivity index (χ1) is 9.27. The Balaban J connectivity index is 1.68. The molecule has 0 saturated carbocycles. The maximum atomic E-state index is 11.8. The number of nitrogens with two attached hydrogens (primary N) is 1. The fourth-order valence-electron chi connectivity index (χ4n) is 1.70. The fraction of sp³-hybridized carbons (Fsp3) is 0.214. The van der Waals surface area contributed by atoms with Crippen LogP contribution in [0.1, 0.15) is 15.2 Å². The van der Waals surface area contributed by atoms with E-state index in [4.69, 9.17) is 11.6 Å². The molecule has 1 aromatic heterocycles. The van der Waals surface area contributed by atoms with Gasteiger partial charge in [-0.3, -0.25) is 4.79 Å². The number of amides is 1. The molecule has 0 aliphatic heterocycles. The van der Waals surface area contributed by atoms with Crippen LogP contribution in [0.15, 0.2) is 41.8 Å². The molecule has 0 bridgehead atoms. The van der Waals surface area contributed by atoms with Gasteiger partial charge in [-0.25, -0.2) is 0 Å². The van der Waals surface area contributed by atoms with E-state index in [0.717, 1.165) is 13.1 Å². The second-order valence-corrected chi connectivity index (χ2v) is 5.54. The maximum Gasteiger partial charge on any atom is 0.253 e. The standard InChI is InChI=1S/C14H15ClN2OS/c15-13-6-2-1-5-12(13)14(18)17-8-7-16-10-11-4-3-9-19-11/h1-6,9,16H,7-8,10H2,(H,17,18)/p+1. The van der Waals surface area contributed by atoms with Crippen LogP contribution in [-0.2, 0) is 6.54 Å². The average Bonchev–Trinajstić information content (AvgIpc) is 2.92. The summed E-state index contributed by atoms with van der Waals surface area (Å²) in [7, 11) is 0. The van der Waals surface area contributed by atoms with Gasteiger partial charge < -0.3 is 10.6 Å². The zero-order valence-electron chi connectivity index (χ0n) is 10.4. The largest absolute Gasteiger partial charge is 0.346 e. The first-order valence-corrected chi connectivity index (χ1v) is 7.40. The molecule has 0 atom stereocenters. The van der Waals surface area contributed by atoms with Crippen molar-refractivity contribution >= 4 is 28.8 Å². The van der Waals surface area contributed by atoms with Crippen molar-refractivity contribution in [2.24, 2.45) is 0 Å². The molecule has 1 aromatic carbocycles. The van der Waals surface area contributed by atoms with Crippen molar-refractivity contribution in [1.82, 2.24) is 5.32 Å². The van der Waals surface area contributed by atoms with E-state index in [1.807, 2.05) is 18.2 Å². The van der Waals surface area contributed by atoms with Crippen LogP contribution in [0.5, 0.6) is 0 Å². The number of carbonyl (C=O) groups is 1. The van der Waals surface area contributed by atoms with Crippen molar-refractivity contribution in [3.8, 4) is 0 Å². The van der Waals surface area contributed by atoms with E-state index in [1.165, 1.54) is 4.88 Å². The molecule has 0 aliphatic rings. The second-order valence-electron chi connectivity index (χ2n) is 4.10. The van der Waals surface area contributed by atoms with Crippen molar-refractivity contribution < 1.29 is 10.1 Å². The molecule has 0 unspecified atom stereocenters. The summed E-state index contributed by atoms with van der Waals surface area (Å²) < 4.78 is 0.